The smallest absolute Gasteiger partial charge is 0.282 e. The Bertz CT molecular complexity index is 522. The van der Waals surface area contributed by atoms with Crippen LogP contribution in [0.25, 0.3) is 0 Å². The van der Waals surface area contributed by atoms with Gasteiger partial charge in [-0.15, -0.1) is 0 Å². The second kappa shape index (κ2) is 6.07. The number of amides is 1. The van der Waals surface area contributed by atoms with Crippen molar-refractivity contribution in [3.05, 3.63) is 0 Å². The highest BCUT2D eigenvalue weighted by Crippen LogP contribution is 2.39. The molecule has 0 aromatic rings. The molecular weight excluding hydrogens is 304 g/mol. The lowest BCUT2D eigenvalue weighted by molar-refractivity contribution is -0.134. The Balaban J connectivity index is 1.55. The number of hydrogen-bond acceptors (Lipinski definition) is 4. The van der Waals surface area contributed by atoms with Crippen molar-refractivity contribution >= 4 is 16.1 Å². The van der Waals surface area contributed by atoms with Crippen LogP contribution in [-0.4, -0.2) is 92.1 Å². The average Bonchev–Trinajstić information content (AvgIpc) is 3.24. The first kappa shape index (κ1) is 16.2. The summed E-state index contributed by atoms with van der Waals surface area (Å²) in [6.45, 7) is 6.63. The number of rotatable bonds is 3. The molecule has 2 heterocycles. The highest BCUT2D eigenvalue weighted by Gasteiger charge is 2.43. The Labute approximate surface area is 133 Å². The normalized spacial score (nSPS) is 32.2. The molecule has 0 bridgehead atoms. The van der Waals surface area contributed by atoms with E-state index >= 15 is 0 Å². The van der Waals surface area contributed by atoms with Crippen LogP contribution in [0.1, 0.15) is 13.3 Å². The zero-order chi connectivity index (χ0) is 15.9. The predicted molar refractivity (Wildman–Crippen MR) is 83.4 cm³/mol. The fourth-order valence-electron chi connectivity index (χ4n) is 3.22. The number of carbonyl (C=O) groups excluding carboxylic acids is 1. The fourth-order valence-corrected chi connectivity index (χ4v) is 4.80. The molecule has 7 nitrogen and oxygen atoms in total. The van der Waals surface area contributed by atoms with Crippen molar-refractivity contribution < 1.29 is 13.2 Å². The minimum atomic E-state index is -3.37. The fraction of sp³-hybridized carbons (Fsp3) is 0.929. The van der Waals surface area contributed by atoms with Gasteiger partial charge in [0.05, 0.1) is 0 Å². The van der Waals surface area contributed by atoms with E-state index in [0.29, 0.717) is 45.2 Å². The van der Waals surface area contributed by atoms with Crippen molar-refractivity contribution in [2.45, 2.75) is 13.3 Å². The first-order chi connectivity index (χ1) is 10.4. The maximum absolute atomic E-state index is 12.7. The second-order valence-corrected chi connectivity index (χ2v) is 8.68. The van der Waals surface area contributed by atoms with Crippen LogP contribution in [0.2, 0.25) is 0 Å². The van der Waals surface area contributed by atoms with Gasteiger partial charge in [0.25, 0.3) is 10.2 Å². The number of hydrogen-bond donors (Lipinski definition) is 0. The van der Waals surface area contributed by atoms with Gasteiger partial charge in [-0.2, -0.15) is 17.0 Å². The Morgan fingerprint density at radius 3 is 1.82 bits per heavy atom. The molecule has 8 heteroatoms. The van der Waals surface area contributed by atoms with Crippen molar-refractivity contribution in [3.63, 3.8) is 0 Å². The Morgan fingerprint density at radius 2 is 1.36 bits per heavy atom. The molecule has 1 saturated carbocycles. The lowest BCUT2D eigenvalue weighted by Gasteiger charge is -2.39. The van der Waals surface area contributed by atoms with Gasteiger partial charge in [-0.3, -0.25) is 4.79 Å². The largest absolute Gasteiger partial charge is 0.340 e. The SMILES string of the molecule is C[C@@H]1C[C@@H]1C(=O)N1CCN(S(=O)(=O)N2CCN(C)CC2)CC1. The van der Waals surface area contributed by atoms with Crippen LogP contribution in [-0.2, 0) is 15.0 Å². The summed E-state index contributed by atoms with van der Waals surface area (Å²) in [7, 11) is -1.36. The van der Waals surface area contributed by atoms with Crippen molar-refractivity contribution in [1.82, 2.24) is 18.4 Å². The minimum Gasteiger partial charge on any atom is -0.340 e. The second-order valence-electron chi connectivity index (χ2n) is 6.75. The van der Waals surface area contributed by atoms with E-state index in [1.165, 1.54) is 0 Å². The van der Waals surface area contributed by atoms with Crippen molar-refractivity contribution in [1.29, 1.82) is 0 Å². The van der Waals surface area contributed by atoms with E-state index in [2.05, 4.69) is 11.8 Å². The Hall–Kier alpha value is -0.700. The summed E-state index contributed by atoms with van der Waals surface area (Å²) in [6, 6.07) is 0. The van der Waals surface area contributed by atoms with E-state index in [1.54, 1.807) is 8.61 Å². The van der Waals surface area contributed by atoms with Crippen molar-refractivity contribution in [2.75, 3.05) is 59.4 Å². The van der Waals surface area contributed by atoms with Crippen LogP contribution in [0.15, 0.2) is 0 Å². The molecule has 0 N–H and O–H groups in total. The molecule has 22 heavy (non-hydrogen) atoms. The van der Waals surface area contributed by atoms with Crippen LogP contribution < -0.4 is 0 Å². The molecular formula is C14H26N4O3S. The predicted octanol–water partition coefficient (Wildman–Crippen LogP) is -0.721. The lowest BCUT2D eigenvalue weighted by Crippen LogP contribution is -2.57. The van der Waals surface area contributed by atoms with E-state index in [-0.39, 0.29) is 11.8 Å². The number of carbonyl (C=O) groups is 1. The summed E-state index contributed by atoms with van der Waals surface area (Å²) in [5, 5.41) is 0. The van der Waals surface area contributed by atoms with E-state index in [1.807, 2.05) is 11.9 Å². The average molecular weight is 330 g/mol. The first-order valence-electron chi connectivity index (χ1n) is 8.12. The van der Waals surface area contributed by atoms with Gasteiger partial charge < -0.3 is 9.80 Å². The Kier molecular flexibility index (Phi) is 4.46. The Morgan fingerprint density at radius 1 is 0.909 bits per heavy atom. The summed E-state index contributed by atoms with van der Waals surface area (Å²) in [5.74, 6) is 0.893. The molecule has 2 saturated heterocycles. The topological polar surface area (TPSA) is 64.2 Å². The van der Waals surface area contributed by atoms with E-state index in [0.717, 1.165) is 19.5 Å². The van der Waals surface area contributed by atoms with Gasteiger partial charge in [-0.05, 0) is 19.4 Å². The number of likely N-dealkylation sites (N-methyl/N-ethyl adjacent to an activating group) is 1. The molecule has 0 aromatic carbocycles. The third-order valence-corrected chi connectivity index (χ3v) is 7.13. The van der Waals surface area contributed by atoms with E-state index < -0.39 is 10.2 Å². The van der Waals surface area contributed by atoms with Crippen LogP contribution in [0.3, 0.4) is 0 Å². The molecule has 0 unspecified atom stereocenters. The van der Waals surface area contributed by atoms with Crippen LogP contribution in [0.5, 0.6) is 0 Å². The molecule has 126 valence electrons. The summed E-state index contributed by atoms with van der Waals surface area (Å²) < 4.78 is 28.4. The van der Waals surface area contributed by atoms with Gasteiger partial charge in [0, 0.05) is 58.3 Å². The molecule has 2 aliphatic heterocycles. The van der Waals surface area contributed by atoms with Gasteiger partial charge >= 0.3 is 0 Å². The minimum absolute atomic E-state index is 0.181. The third kappa shape index (κ3) is 3.15. The van der Waals surface area contributed by atoms with Gasteiger partial charge in [0.15, 0.2) is 0 Å². The van der Waals surface area contributed by atoms with Crippen LogP contribution >= 0.6 is 0 Å². The zero-order valence-corrected chi connectivity index (χ0v) is 14.3. The number of nitrogens with zero attached hydrogens (tertiary/aromatic N) is 4. The van der Waals surface area contributed by atoms with E-state index in [4.69, 9.17) is 0 Å². The molecule has 3 aliphatic rings. The first-order valence-corrected chi connectivity index (χ1v) is 9.52. The molecule has 3 fully saturated rings. The molecule has 3 rings (SSSR count). The van der Waals surface area contributed by atoms with Gasteiger partial charge in [0.1, 0.15) is 0 Å². The molecule has 1 amide bonds. The molecule has 0 radical (unpaired) electrons. The van der Waals surface area contributed by atoms with Crippen molar-refractivity contribution in [3.8, 4) is 0 Å². The standard InChI is InChI=1S/C14H26N4O3S/c1-12-11-13(12)14(19)16-5-9-18(10-6-16)22(20,21)17-7-3-15(2)4-8-17/h12-13H,3-11H2,1-2H3/t12-,13+/m1/s1. The zero-order valence-electron chi connectivity index (χ0n) is 13.4. The third-order valence-electron chi connectivity index (χ3n) is 5.09. The highest BCUT2D eigenvalue weighted by molar-refractivity contribution is 7.86. The van der Waals surface area contributed by atoms with Crippen LogP contribution in [0, 0.1) is 11.8 Å². The van der Waals surface area contributed by atoms with Crippen molar-refractivity contribution in [2.24, 2.45) is 11.8 Å². The summed E-state index contributed by atoms with van der Waals surface area (Å²) in [6.07, 6.45) is 0.985. The van der Waals surface area contributed by atoms with Gasteiger partial charge in [-0.1, -0.05) is 6.92 Å². The van der Waals surface area contributed by atoms with E-state index in [9.17, 15) is 13.2 Å². The maximum Gasteiger partial charge on any atom is 0.282 e. The highest BCUT2D eigenvalue weighted by atomic mass is 32.2. The molecule has 0 aromatic heterocycles. The van der Waals surface area contributed by atoms with Gasteiger partial charge in [0.2, 0.25) is 5.91 Å². The summed E-state index contributed by atoms with van der Waals surface area (Å²) in [5.41, 5.74) is 0. The quantitative estimate of drug-likeness (QED) is 0.685. The lowest BCUT2D eigenvalue weighted by atomic mass is 10.2. The maximum atomic E-state index is 12.7. The van der Waals surface area contributed by atoms with Gasteiger partial charge in [-0.25, -0.2) is 0 Å². The monoisotopic (exact) mass is 330 g/mol. The molecule has 1 aliphatic carbocycles. The summed E-state index contributed by atoms with van der Waals surface area (Å²) in [4.78, 5) is 16.2. The van der Waals surface area contributed by atoms with Crippen LogP contribution in [0.4, 0.5) is 0 Å². The summed E-state index contributed by atoms with van der Waals surface area (Å²) >= 11 is 0. The molecule has 0 spiro atoms. The number of piperazine rings is 2. The molecule has 2 atom stereocenters.